The summed E-state index contributed by atoms with van der Waals surface area (Å²) < 4.78 is 2.14. The highest BCUT2D eigenvalue weighted by molar-refractivity contribution is 7.77. The van der Waals surface area contributed by atoms with Crippen LogP contribution >= 0.6 is 12.8 Å². The van der Waals surface area contributed by atoms with Crippen LogP contribution in [-0.2, 0) is 0 Å². The van der Waals surface area contributed by atoms with Crippen molar-refractivity contribution in [2.24, 2.45) is 0 Å². The first-order valence-electron chi connectivity index (χ1n) is 3.77. The summed E-state index contributed by atoms with van der Waals surface area (Å²) in [5.74, 6) is 0. The van der Waals surface area contributed by atoms with Gasteiger partial charge in [0.25, 0.3) is 0 Å². The lowest BCUT2D eigenvalue weighted by atomic mass is 10.2. The molecule has 0 aromatic rings. The molecule has 1 aliphatic heterocycles. The van der Waals surface area contributed by atoms with Gasteiger partial charge < -0.3 is 4.90 Å². The Labute approximate surface area is 68.7 Å². The van der Waals surface area contributed by atoms with Gasteiger partial charge in [0.1, 0.15) is 0 Å². The quantitative estimate of drug-likeness (QED) is 0.525. The lowest BCUT2D eigenvalue weighted by Gasteiger charge is -2.39. The maximum Gasteiger partial charge on any atom is 0.0302 e. The van der Waals surface area contributed by atoms with E-state index in [1.165, 1.54) is 0 Å². The Kier molecular flexibility index (Phi) is 2.61. The zero-order valence-electron chi connectivity index (χ0n) is 6.91. The van der Waals surface area contributed by atoms with Gasteiger partial charge in [-0.2, -0.15) is 0 Å². The molecule has 0 bridgehead atoms. The third-order valence-electron chi connectivity index (χ3n) is 2.05. The van der Waals surface area contributed by atoms with Crippen molar-refractivity contribution in [2.75, 3.05) is 20.1 Å². The van der Waals surface area contributed by atoms with E-state index in [4.69, 9.17) is 0 Å². The molecule has 0 aliphatic carbocycles. The molecule has 1 aliphatic rings. The van der Waals surface area contributed by atoms with Crippen LogP contribution in [0, 0.1) is 0 Å². The maximum absolute atomic E-state index is 4.40. The number of nitrogens with zero attached hydrogens (tertiary/aromatic N) is 2. The van der Waals surface area contributed by atoms with Gasteiger partial charge in [-0.25, -0.2) is 4.31 Å². The topological polar surface area (TPSA) is 6.48 Å². The van der Waals surface area contributed by atoms with Gasteiger partial charge in [-0.05, 0) is 20.9 Å². The Bertz CT molecular complexity index is 106. The highest BCUT2D eigenvalue weighted by atomic mass is 32.1. The SMILES string of the molecule is CC1CN(C)CC(C)N1S. The van der Waals surface area contributed by atoms with E-state index in [-0.39, 0.29) is 0 Å². The monoisotopic (exact) mass is 160 g/mol. The van der Waals surface area contributed by atoms with Crippen LogP contribution in [0.1, 0.15) is 13.8 Å². The molecule has 0 radical (unpaired) electrons. The second kappa shape index (κ2) is 3.11. The number of rotatable bonds is 0. The van der Waals surface area contributed by atoms with E-state index in [0.29, 0.717) is 12.1 Å². The number of hydrogen-bond donors (Lipinski definition) is 1. The lowest BCUT2D eigenvalue weighted by molar-refractivity contribution is 0.135. The van der Waals surface area contributed by atoms with Crippen LogP contribution in [0.15, 0.2) is 0 Å². The normalized spacial score (nSPS) is 38.4. The summed E-state index contributed by atoms with van der Waals surface area (Å²) in [6.07, 6.45) is 0. The Morgan fingerprint density at radius 2 is 1.60 bits per heavy atom. The molecule has 0 aromatic heterocycles. The van der Waals surface area contributed by atoms with Crippen molar-refractivity contribution >= 4 is 12.8 Å². The summed E-state index contributed by atoms with van der Waals surface area (Å²) in [5, 5.41) is 0. The first-order valence-corrected chi connectivity index (χ1v) is 4.17. The van der Waals surface area contributed by atoms with Gasteiger partial charge in [0.2, 0.25) is 0 Å². The van der Waals surface area contributed by atoms with Crippen molar-refractivity contribution in [1.82, 2.24) is 9.21 Å². The van der Waals surface area contributed by atoms with Crippen LogP contribution in [0.25, 0.3) is 0 Å². The van der Waals surface area contributed by atoms with Crippen molar-refractivity contribution in [3.63, 3.8) is 0 Å². The highest BCUT2D eigenvalue weighted by Crippen LogP contribution is 2.15. The van der Waals surface area contributed by atoms with Crippen LogP contribution in [0.4, 0.5) is 0 Å². The molecule has 1 fully saturated rings. The van der Waals surface area contributed by atoms with Crippen molar-refractivity contribution in [3.05, 3.63) is 0 Å². The smallest absolute Gasteiger partial charge is 0.0302 e. The Hall–Kier alpha value is 0.270. The summed E-state index contributed by atoms with van der Waals surface area (Å²) in [7, 11) is 2.16. The van der Waals surface area contributed by atoms with E-state index in [0.717, 1.165) is 13.1 Å². The molecule has 0 aromatic carbocycles. The lowest BCUT2D eigenvalue weighted by Crippen LogP contribution is -2.51. The third-order valence-corrected chi connectivity index (χ3v) is 2.84. The standard InChI is InChI=1S/C7H16N2S/c1-6-4-8(3)5-7(2)9(6)10/h6-7,10H,4-5H2,1-3H3. The van der Waals surface area contributed by atoms with E-state index in [1.807, 2.05) is 0 Å². The number of hydrogen-bond acceptors (Lipinski definition) is 3. The number of thiol groups is 1. The van der Waals surface area contributed by atoms with Crippen molar-refractivity contribution in [3.8, 4) is 0 Å². The highest BCUT2D eigenvalue weighted by Gasteiger charge is 2.24. The van der Waals surface area contributed by atoms with Crippen molar-refractivity contribution < 1.29 is 0 Å². The molecule has 2 unspecified atom stereocenters. The molecular formula is C7H16N2S. The van der Waals surface area contributed by atoms with Crippen LogP contribution in [-0.4, -0.2) is 41.4 Å². The number of likely N-dealkylation sites (N-methyl/N-ethyl adjacent to an activating group) is 1. The van der Waals surface area contributed by atoms with Gasteiger partial charge in [-0.1, -0.05) is 12.8 Å². The first-order chi connectivity index (χ1) is 4.61. The van der Waals surface area contributed by atoms with Gasteiger partial charge in [0, 0.05) is 25.2 Å². The van der Waals surface area contributed by atoms with E-state index in [2.05, 4.69) is 42.9 Å². The second-order valence-corrected chi connectivity index (χ2v) is 3.76. The van der Waals surface area contributed by atoms with E-state index in [9.17, 15) is 0 Å². The van der Waals surface area contributed by atoms with Gasteiger partial charge in [-0.15, -0.1) is 0 Å². The molecule has 3 heteroatoms. The third kappa shape index (κ3) is 1.65. The Morgan fingerprint density at radius 1 is 1.20 bits per heavy atom. The predicted molar refractivity (Wildman–Crippen MR) is 47.2 cm³/mol. The zero-order valence-corrected chi connectivity index (χ0v) is 7.80. The van der Waals surface area contributed by atoms with Crippen LogP contribution in [0.5, 0.6) is 0 Å². The maximum atomic E-state index is 4.40. The van der Waals surface area contributed by atoms with E-state index >= 15 is 0 Å². The molecular weight excluding hydrogens is 144 g/mol. The molecule has 2 atom stereocenters. The summed E-state index contributed by atoms with van der Waals surface area (Å²) >= 11 is 4.40. The largest absolute Gasteiger partial charge is 0.303 e. The van der Waals surface area contributed by atoms with Crippen molar-refractivity contribution in [2.45, 2.75) is 25.9 Å². The van der Waals surface area contributed by atoms with Crippen molar-refractivity contribution in [1.29, 1.82) is 0 Å². The number of piperazine rings is 1. The molecule has 1 saturated heterocycles. The summed E-state index contributed by atoms with van der Waals surface area (Å²) in [5.41, 5.74) is 0. The minimum atomic E-state index is 0.581. The van der Waals surface area contributed by atoms with Gasteiger partial charge in [-0.3, -0.25) is 0 Å². The predicted octanol–water partition coefficient (Wildman–Crippen LogP) is 0.856. The second-order valence-electron chi connectivity index (χ2n) is 3.30. The molecule has 1 rings (SSSR count). The average molecular weight is 160 g/mol. The molecule has 2 nitrogen and oxygen atoms in total. The summed E-state index contributed by atoms with van der Waals surface area (Å²) in [4.78, 5) is 2.35. The van der Waals surface area contributed by atoms with E-state index < -0.39 is 0 Å². The van der Waals surface area contributed by atoms with Gasteiger partial charge >= 0.3 is 0 Å². The summed E-state index contributed by atoms with van der Waals surface area (Å²) in [6.45, 7) is 6.68. The average Bonchev–Trinajstić information content (AvgIpc) is 1.82. The molecule has 0 saturated carbocycles. The molecule has 0 spiro atoms. The molecule has 10 heavy (non-hydrogen) atoms. The zero-order chi connectivity index (χ0) is 7.72. The van der Waals surface area contributed by atoms with E-state index in [1.54, 1.807) is 0 Å². The van der Waals surface area contributed by atoms with Crippen LogP contribution in [0.3, 0.4) is 0 Å². The molecule has 1 heterocycles. The van der Waals surface area contributed by atoms with Crippen LogP contribution in [0.2, 0.25) is 0 Å². The minimum Gasteiger partial charge on any atom is -0.303 e. The fourth-order valence-corrected chi connectivity index (χ4v) is 1.72. The minimum absolute atomic E-state index is 0.581. The fraction of sp³-hybridized carbons (Fsp3) is 1.00. The first kappa shape index (κ1) is 8.37. The van der Waals surface area contributed by atoms with Gasteiger partial charge in [0.05, 0.1) is 0 Å². The molecule has 0 N–H and O–H groups in total. The fourth-order valence-electron chi connectivity index (χ4n) is 1.58. The van der Waals surface area contributed by atoms with Gasteiger partial charge in [0.15, 0.2) is 0 Å². The molecule has 60 valence electrons. The summed E-state index contributed by atoms with van der Waals surface area (Å²) in [6, 6.07) is 1.16. The van der Waals surface area contributed by atoms with Crippen LogP contribution < -0.4 is 0 Å². The Morgan fingerprint density at radius 3 is 2.00 bits per heavy atom. The Balaban J connectivity index is 2.49. The molecule has 0 amide bonds.